The van der Waals surface area contributed by atoms with Gasteiger partial charge in [0.1, 0.15) is 5.75 Å². The number of ether oxygens (including phenoxy) is 1. The fraction of sp³-hybridized carbons (Fsp3) is 0.316. The van der Waals surface area contributed by atoms with E-state index >= 15 is 0 Å². The number of benzene rings is 2. The van der Waals surface area contributed by atoms with Crippen molar-refractivity contribution in [2.45, 2.75) is 23.6 Å². The number of amides is 1. The van der Waals surface area contributed by atoms with Crippen LogP contribution in [0.1, 0.15) is 11.1 Å². The highest BCUT2D eigenvalue weighted by Gasteiger charge is 2.19. The lowest BCUT2D eigenvalue weighted by atomic mass is 10.2. The van der Waals surface area contributed by atoms with E-state index in [4.69, 9.17) is 4.74 Å². The molecule has 0 bridgehead atoms. The second-order valence-corrected chi connectivity index (χ2v) is 7.01. The largest absolute Gasteiger partial charge is 0.415 e. The number of aryl methyl sites for hydroxylation is 2. The molecule has 126 valence electrons. The van der Waals surface area contributed by atoms with Gasteiger partial charge < -0.3 is 15.0 Å². The van der Waals surface area contributed by atoms with Crippen molar-refractivity contribution in [3.63, 3.8) is 0 Å². The summed E-state index contributed by atoms with van der Waals surface area (Å²) in [6.45, 7) is 7.19. The molecular weight excluding hydrogens is 320 g/mol. The molecule has 3 rings (SSSR count). The topological polar surface area (TPSA) is 41.6 Å². The Kier molecular flexibility index (Phi) is 5.43. The van der Waals surface area contributed by atoms with Crippen molar-refractivity contribution in [1.82, 2.24) is 10.2 Å². The summed E-state index contributed by atoms with van der Waals surface area (Å²) in [4.78, 5) is 16.2. The van der Waals surface area contributed by atoms with Gasteiger partial charge in [-0.15, -0.1) is 0 Å². The molecule has 0 spiro atoms. The number of hydrogen-bond donors (Lipinski definition) is 1. The molecule has 1 aliphatic heterocycles. The zero-order chi connectivity index (χ0) is 16.9. The van der Waals surface area contributed by atoms with E-state index in [1.54, 1.807) is 16.7 Å². The van der Waals surface area contributed by atoms with Gasteiger partial charge in [0.05, 0.1) is 4.90 Å². The van der Waals surface area contributed by atoms with Crippen LogP contribution in [0.4, 0.5) is 4.79 Å². The maximum absolute atomic E-state index is 12.4. The highest BCUT2D eigenvalue weighted by Crippen LogP contribution is 2.36. The first-order chi connectivity index (χ1) is 11.6. The first-order valence-corrected chi connectivity index (χ1v) is 8.97. The number of para-hydroxylation sites is 1. The van der Waals surface area contributed by atoms with Gasteiger partial charge in [0, 0.05) is 31.1 Å². The summed E-state index contributed by atoms with van der Waals surface area (Å²) < 4.78 is 5.66. The summed E-state index contributed by atoms with van der Waals surface area (Å²) in [5, 5.41) is 3.23. The quantitative estimate of drug-likeness (QED) is 0.920. The molecule has 1 saturated heterocycles. The molecule has 0 saturated carbocycles. The summed E-state index contributed by atoms with van der Waals surface area (Å²) >= 11 is 1.63. The highest BCUT2D eigenvalue weighted by atomic mass is 32.2. The van der Waals surface area contributed by atoms with E-state index in [1.165, 1.54) is 16.0 Å². The molecule has 24 heavy (non-hydrogen) atoms. The van der Waals surface area contributed by atoms with Crippen LogP contribution >= 0.6 is 11.8 Å². The average Bonchev–Trinajstić information content (AvgIpc) is 2.59. The Bertz CT molecular complexity index is 727. The van der Waals surface area contributed by atoms with Gasteiger partial charge in [-0.3, -0.25) is 0 Å². The van der Waals surface area contributed by atoms with Gasteiger partial charge in [-0.25, -0.2) is 4.79 Å². The van der Waals surface area contributed by atoms with Gasteiger partial charge in [0.2, 0.25) is 0 Å². The molecule has 0 aromatic heterocycles. The second kappa shape index (κ2) is 7.73. The first-order valence-electron chi connectivity index (χ1n) is 8.15. The van der Waals surface area contributed by atoms with Gasteiger partial charge >= 0.3 is 6.09 Å². The lowest BCUT2D eigenvalue weighted by Crippen LogP contribution is -2.47. The van der Waals surface area contributed by atoms with Crippen LogP contribution in [0.2, 0.25) is 0 Å². The average molecular weight is 342 g/mol. The summed E-state index contributed by atoms with van der Waals surface area (Å²) in [6, 6.07) is 14.1. The molecule has 4 nitrogen and oxygen atoms in total. The molecule has 0 radical (unpaired) electrons. The Balaban J connectivity index is 1.76. The fourth-order valence-electron chi connectivity index (χ4n) is 2.66. The molecule has 0 atom stereocenters. The van der Waals surface area contributed by atoms with Gasteiger partial charge in [0.15, 0.2) is 0 Å². The number of carbonyl (C=O) groups excluding carboxylic acids is 1. The highest BCUT2D eigenvalue weighted by molar-refractivity contribution is 7.99. The van der Waals surface area contributed by atoms with E-state index in [2.05, 4.69) is 37.4 Å². The van der Waals surface area contributed by atoms with Crippen LogP contribution in [-0.2, 0) is 0 Å². The van der Waals surface area contributed by atoms with Crippen molar-refractivity contribution in [3.05, 3.63) is 53.6 Å². The van der Waals surface area contributed by atoms with Gasteiger partial charge in [-0.2, -0.15) is 0 Å². The Hall–Kier alpha value is -1.98. The number of hydrogen-bond acceptors (Lipinski definition) is 4. The Labute approximate surface area is 147 Å². The molecule has 1 amide bonds. The van der Waals surface area contributed by atoms with Crippen molar-refractivity contribution >= 4 is 17.9 Å². The third kappa shape index (κ3) is 4.10. The molecule has 5 heteroatoms. The number of nitrogens with zero attached hydrogens (tertiary/aromatic N) is 1. The van der Waals surface area contributed by atoms with Crippen LogP contribution in [0.15, 0.2) is 52.3 Å². The van der Waals surface area contributed by atoms with E-state index in [0.717, 1.165) is 18.0 Å². The molecule has 0 aliphatic carbocycles. The predicted octanol–water partition coefficient (Wildman–Crippen LogP) is 3.86. The second-order valence-electron chi connectivity index (χ2n) is 5.92. The normalized spacial score (nSPS) is 14.5. The molecule has 2 aromatic carbocycles. The lowest BCUT2D eigenvalue weighted by Gasteiger charge is -2.26. The number of carbonyl (C=O) groups is 1. The van der Waals surface area contributed by atoms with E-state index in [0.29, 0.717) is 18.8 Å². The Morgan fingerprint density at radius 2 is 1.83 bits per heavy atom. The Morgan fingerprint density at radius 3 is 2.58 bits per heavy atom. The number of nitrogens with one attached hydrogen (secondary N) is 1. The summed E-state index contributed by atoms with van der Waals surface area (Å²) in [7, 11) is 0. The smallest absolute Gasteiger partial charge is 0.409 e. The molecule has 1 heterocycles. The van der Waals surface area contributed by atoms with Crippen LogP contribution in [0, 0.1) is 13.8 Å². The zero-order valence-electron chi connectivity index (χ0n) is 14.0. The fourth-order valence-corrected chi connectivity index (χ4v) is 3.61. The van der Waals surface area contributed by atoms with E-state index in [1.807, 2.05) is 24.3 Å². The van der Waals surface area contributed by atoms with Gasteiger partial charge in [0.25, 0.3) is 0 Å². The minimum Gasteiger partial charge on any atom is -0.409 e. The standard InChI is InChI=1S/C19H22N2O2S/c1-14-7-8-17(15(2)13-14)24-18-6-4-3-5-16(18)23-19(22)21-11-9-20-10-12-21/h3-8,13,20H,9-12H2,1-2H3. The van der Waals surface area contributed by atoms with E-state index < -0.39 is 0 Å². The minimum atomic E-state index is -0.273. The maximum atomic E-state index is 12.4. The van der Waals surface area contributed by atoms with Crippen molar-refractivity contribution in [3.8, 4) is 5.75 Å². The summed E-state index contributed by atoms with van der Waals surface area (Å²) in [6.07, 6.45) is -0.273. The lowest BCUT2D eigenvalue weighted by molar-refractivity contribution is 0.145. The molecule has 2 aromatic rings. The van der Waals surface area contributed by atoms with Crippen LogP contribution in [0.3, 0.4) is 0 Å². The maximum Gasteiger partial charge on any atom is 0.415 e. The van der Waals surface area contributed by atoms with E-state index in [9.17, 15) is 4.79 Å². The van der Waals surface area contributed by atoms with Gasteiger partial charge in [-0.1, -0.05) is 41.6 Å². The van der Waals surface area contributed by atoms with Gasteiger partial charge in [-0.05, 0) is 37.6 Å². The summed E-state index contributed by atoms with van der Waals surface area (Å²) in [5.74, 6) is 0.617. The number of rotatable bonds is 3. The molecular formula is C19H22N2O2S. The van der Waals surface area contributed by atoms with Crippen LogP contribution in [-0.4, -0.2) is 37.2 Å². The monoisotopic (exact) mass is 342 g/mol. The minimum absolute atomic E-state index is 0.273. The van der Waals surface area contributed by atoms with Crippen molar-refractivity contribution in [1.29, 1.82) is 0 Å². The zero-order valence-corrected chi connectivity index (χ0v) is 14.9. The van der Waals surface area contributed by atoms with Crippen LogP contribution in [0.25, 0.3) is 0 Å². The van der Waals surface area contributed by atoms with Crippen LogP contribution in [0.5, 0.6) is 5.75 Å². The first kappa shape index (κ1) is 16.9. The van der Waals surface area contributed by atoms with Crippen molar-refractivity contribution in [2.75, 3.05) is 26.2 Å². The molecule has 1 fully saturated rings. The molecule has 1 aliphatic rings. The van der Waals surface area contributed by atoms with Crippen LogP contribution < -0.4 is 10.1 Å². The summed E-state index contributed by atoms with van der Waals surface area (Å²) in [5.41, 5.74) is 2.47. The molecule has 0 unspecified atom stereocenters. The Morgan fingerprint density at radius 1 is 1.08 bits per heavy atom. The van der Waals surface area contributed by atoms with Crippen molar-refractivity contribution < 1.29 is 9.53 Å². The number of piperazine rings is 1. The SMILES string of the molecule is Cc1ccc(Sc2ccccc2OC(=O)N2CCNCC2)c(C)c1. The van der Waals surface area contributed by atoms with E-state index in [-0.39, 0.29) is 6.09 Å². The third-order valence-electron chi connectivity index (χ3n) is 3.97. The third-order valence-corrected chi connectivity index (χ3v) is 5.21. The predicted molar refractivity (Wildman–Crippen MR) is 96.9 cm³/mol. The molecule has 1 N–H and O–H groups in total. The van der Waals surface area contributed by atoms with Crippen molar-refractivity contribution in [2.24, 2.45) is 0 Å².